The molecule has 4 nitrogen and oxygen atoms in total. The maximum Gasteiger partial charge on any atom is 0.162 e. The van der Waals surface area contributed by atoms with Crippen LogP contribution < -0.4 is 14.8 Å². The van der Waals surface area contributed by atoms with E-state index in [0.29, 0.717) is 13.2 Å². The van der Waals surface area contributed by atoms with Gasteiger partial charge in [-0.1, -0.05) is 0 Å². The van der Waals surface area contributed by atoms with Gasteiger partial charge < -0.3 is 14.8 Å². The van der Waals surface area contributed by atoms with Gasteiger partial charge in [-0.15, -0.1) is 11.3 Å². The van der Waals surface area contributed by atoms with Crippen molar-refractivity contribution in [1.29, 1.82) is 0 Å². The molecule has 1 aromatic carbocycles. The van der Waals surface area contributed by atoms with Gasteiger partial charge in [-0.25, -0.2) is 4.98 Å². The summed E-state index contributed by atoms with van der Waals surface area (Å²) in [7, 11) is 1.95. The van der Waals surface area contributed by atoms with Gasteiger partial charge in [0.15, 0.2) is 11.5 Å². The molecule has 22 heavy (non-hydrogen) atoms. The zero-order chi connectivity index (χ0) is 15.9. The van der Waals surface area contributed by atoms with Gasteiger partial charge in [0.2, 0.25) is 0 Å². The van der Waals surface area contributed by atoms with E-state index >= 15 is 0 Å². The summed E-state index contributed by atoms with van der Waals surface area (Å²) in [5.41, 5.74) is 1.99. The average Bonchev–Trinajstić information content (AvgIpc) is 2.97. The van der Waals surface area contributed by atoms with E-state index in [1.165, 1.54) is 0 Å². The lowest BCUT2D eigenvalue weighted by Gasteiger charge is -2.13. The highest BCUT2D eigenvalue weighted by Crippen LogP contribution is 2.39. The Bertz CT molecular complexity index is 616. The highest BCUT2D eigenvalue weighted by atomic mass is 79.9. The Balaban J connectivity index is 2.33. The van der Waals surface area contributed by atoms with Gasteiger partial charge in [0.25, 0.3) is 0 Å². The molecular formula is C16H21BrN2O2S. The first-order valence-corrected chi connectivity index (χ1v) is 9.05. The molecule has 0 unspecified atom stereocenters. The molecule has 120 valence electrons. The van der Waals surface area contributed by atoms with Gasteiger partial charge >= 0.3 is 0 Å². The molecule has 1 N–H and O–H groups in total. The topological polar surface area (TPSA) is 43.4 Å². The summed E-state index contributed by atoms with van der Waals surface area (Å²) in [5.74, 6) is 1.51. The van der Waals surface area contributed by atoms with Crippen LogP contribution in [0, 0.1) is 0 Å². The number of nitrogens with one attached hydrogen (secondary N) is 1. The number of halogens is 1. The van der Waals surface area contributed by atoms with E-state index in [-0.39, 0.29) is 0 Å². The molecular weight excluding hydrogens is 364 g/mol. The van der Waals surface area contributed by atoms with Crippen molar-refractivity contribution >= 4 is 27.3 Å². The molecule has 0 bridgehead atoms. The van der Waals surface area contributed by atoms with E-state index in [2.05, 4.69) is 26.6 Å². The number of likely N-dealkylation sites (N-methyl/N-ethyl adjacent to an activating group) is 1. The number of hydrogen-bond acceptors (Lipinski definition) is 5. The van der Waals surface area contributed by atoms with Crippen LogP contribution in [-0.2, 0) is 6.42 Å². The van der Waals surface area contributed by atoms with E-state index < -0.39 is 0 Å². The van der Waals surface area contributed by atoms with Gasteiger partial charge in [-0.3, -0.25) is 0 Å². The van der Waals surface area contributed by atoms with Crippen molar-refractivity contribution in [3.05, 3.63) is 27.0 Å². The lowest BCUT2D eigenvalue weighted by molar-refractivity contribution is 0.287. The second kappa shape index (κ2) is 8.50. The lowest BCUT2D eigenvalue weighted by atomic mass is 10.1. The first kappa shape index (κ1) is 17.2. The first-order chi connectivity index (χ1) is 10.7. The Kier molecular flexibility index (Phi) is 6.67. The molecule has 2 aromatic rings. The number of rotatable bonds is 8. The van der Waals surface area contributed by atoms with Crippen molar-refractivity contribution in [2.75, 3.05) is 26.8 Å². The van der Waals surface area contributed by atoms with Crippen LogP contribution in [0.15, 0.2) is 22.0 Å². The number of hydrogen-bond donors (Lipinski definition) is 1. The molecule has 0 aliphatic heterocycles. The maximum absolute atomic E-state index is 5.70. The van der Waals surface area contributed by atoms with Crippen LogP contribution in [0.2, 0.25) is 0 Å². The predicted molar refractivity (Wildman–Crippen MR) is 95.2 cm³/mol. The van der Waals surface area contributed by atoms with E-state index in [9.17, 15) is 0 Å². The summed E-state index contributed by atoms with van der Waals surface area (Å²) in [6.45, 7) is 6.08. The first-order valence-electron chi connectivity index (χ1n) is 7.38. The fourth-order valence-electron chi connectivity index (χ4n) is 2.05. The van der Waals surface area contributed by atoms with Crippen LogP contribution in [0.5, 0.6) is 11.5 Å². The van der Waals surface area contributed by atoms with E-state index in [0.717, 1.165) is 45.2 Å². The monoisotopic (exact) mass is 384 g/mol. The standard InChI is InChI=1S/C16H21BrN2O2S/c1-4-20-14-8-11(12(17)9-15(14)21-5-2)13-10-22-16(19-13)6-7-18-3/h8-10,18H,4-7H2,1-3H3. The number of benzene rings is 1. The number of ether oxygens (including phenoxy) is 2. The molecule has 0 radical (unpaired) electrons. The second-order valence-electron chi connectivity index (χ2n) is 4.62. The second-order valence-corrected chi connectivity index (χ2v) is 6.42. The average molecular weight is 385 g/mol. The molecule has 0 amide bonds. The van der Waals surface area contributed by atoms with Crippen molar-refractivity contribution in [3.63, 3.8) is 0 Å². The Morgan fingerprint density at radius 1 is 1.18 bits per heavy atom. The van der Waals surface area contributed by atoms with Crippen LogP contribution in [0.25, 0.3) is 11.3 Å². The smallest absolute Gasteiger partial charge is 0.162 e. The van der Waals surface area contributed by atoms with E-state index in [4.69, 9.17) is 14.5 Å². The van der Waals surface area contributed by atoms with Crippen molar-refractivity contribution < 1.29 is 9.47 Å². The third-order valence-electron chi connectivity index (χ3n) is 3.05. The van der Waals surface area contributed by atoms with Crippen LogP contribution in [0.1, 0.15) is 18.9 Å². The summed E-state index contributed by atoms with van der Waals surface area (Å²) in [4.78, 5) is 4.71. The Labute approximate surface area is 144 Å². The van der Waals surface area contributed by atoms with E-state index in [1.807, 2.05) is 33.0 Å². The summed E-state index contributed by atoms with van der Waals surface area (Å²) in [6, 6.07) is 3.95. The predicted octanol–water partition coefficient (Wildman–Crippen LogP) is 4.13. The van der Waals surface area contributed by atoms with Gasteiger partial charge in [-0.2, -0.15) is 0 Å². The molecule has 0 aliphatic carbocycles. The lowest BCUT2D eigenvalue weighted by Crippen LogP contribution is -2.09. The quantitative estimate of drug-likeness (QED) is 0.742. The normalized spacial score (nSPS) is 10.7. The number of nitrogens with zero attached hydrogens (tertiary/aromatic N) is 1. The van der Waals surface area contributed by atoms with Crippen molar-refractivity contribution in [1.82, 2.24) is 10.3 Å². The van der Waals surface area contributed by atoms with Crippen LogP contribution >= 0.6 is 27.3 Å². The maximum atomic E-state index is 5.70. The summed E-state index contributed by atoms with van der Waals surface area (Å²) < 4.78 is 12.3. The molecule has 0 spiro atoms. The number of thiazole rings is 1. The molecule has 0 saturated carbocycles. The minimum absolute atomic E-state index is 0.603. The Morgan fingerprint density at radius 3 is 2.50 bits per heavy atom. The minimum atomic E-state index is 0.603. The fourth-order valence-corrected chi connectivity index (χ4v) is 3.37. The molecule has 1 aromatic heterocycles. The minimum Gasteiger partial charge on any atom is -0.490 e. The molecule has 2 rings (SSSR count). The van der Waals surface area contributed by atoms with Crippen molar-refractivity contribution in [2.45, 2.75) is 20.3 Å². The zero-order valence-electron chi connectivity index (χ0n) is 13.1. The van der Waals surface area contributed by atoms with Crippen molar-refractivity contribution in [2.24, 2.45) is 0 Å². The Hall–Kier alpha value is -1.11. The summed E-state index contributed by atoms with van der Waals surface area (Å²) >= 11 is 5.30. The molecule has 0 fully saturated rings. The third-order valence-corrected chi connectivity index (χ3v) is 4.61. The van der Waals surface area contributed by atoms with Crippen LogP contribution in [-0.4, -0.2) is 31.8 Å². The molecule has 1 heterocycles. The Morgan fingerprint density at radius 2 is 1.86 bits per heavy atom. The van der Waals surface area contributed by atoms with E-state index in [1.54, 1.807) is 11.3 Å². The van der Waals surface area contributed by atoms with Crippen LogP contribution in [0.3, 0.4) is 0 Å². The molecule has 6 heteroatoms. The highest BCUT2D eigenvalue weighted by molar-refractivity contribution is 9.10. The van der Waals surface area contributed by atoms with Gasteiger partial charge in [0, 0.05) is 28.4 Å². The third kappa shape index (κ3) is 4.21. The summed E-state index contributed by atoms with van der Waals surface area (Å²) in [5, 5.41) is 6.36. The number of aromatic nitrogens is 1. The molecule has 0 saturated heterocycles. The van der Waals surface area contributed by atoms with Gasteiger partial charge in [0.1, 0.15) is 0 Å². The zero-order valence-corrected chi connectivity index (χ0v) is 15.5. The SMILES string of the molecule is CCOc1cc(Br)c(-c2csc(CCNC)n2)cc1OCC. The van der Waals surface area contributed by atoms with Crippen molar-refractivity contribution in [3.8, 4) is 22.8 Å². The highest BCUT2D eigenvalue weighted by Gasteiger charge is 2.14. The molecule has 0 atom stereocenters. The molecule has 0 aliphatic rings. The van der Waals surface area contributed by atoms with Crippen LogP contribution in [0.4, 0.5) is 0 Å². The largest absolute Gasteiger partial charge is 0.490 e. The fraction of sp³-hybridized carbons (Fsp3) is 0.438. The van der Waals surface area contributed by atoms with Gasteiger partial charge in [-0.05, 0) is 49.0 Å². The summed E-state index contributed by atoms with van der Waals surface area (Å²) in [6.07, 6.45) is 0.939. The van der Waals surface area contributed by atoms with Gasteiger partial charge in [0.05, 0.1) is 23.9 Å².